The first-order chi connectivity index (χ1) is 11.8. The lowest BCUT2D eigenvalue weighted by atomic mass is 10.2. The minimum Gasteiger partial charge on any atom is -0.379 e. The van der Waals surface area contributed by atoms with Gasteiger partial charge in [0.15, 0.2) is 10.3 Å². The van der Waals surface area contributed by atoms with Gasteiger partial charge in [-0.3, -0.25) is 5.41 Å². The van der Waals surface area contributed by atoms with Gasteiger partial charge >= 0.3 is 0 Å². The number of thiocarbonyl (C=S) groups is 1. The maximum absolute atomic E-state index is 13.6. The summed E-state index contributed by atoms with van der Waals surface area (Å²) >= 11 is 7.28. The SMILES string of the molecule is N=C(N)SCc1cc(F)ccc1Sc1ccc(F)cc1CNC(N)=S. The predicted molar refractivity (Wildman–Crippen MR) is 104 cm³/mol. The molecule has 0 aliphatic heterocycles. The van der Waals surface area contributed by atoms with Gasteiger partial charge in [0.2, 0.25) is 0 Å². The molecule has 6 N–H and O–H groups in total. The van der Waals surface area contributed by atoms with Crippen LogP contribution in [0.15, 0.2) is 46.2 Å². The standard InChI is InChI=1S/C16H16F2N4S3/c17-11-1-3-13(9(5-11)7-22-16(21)23)25-14-4-2-12(18)6-10(14)8-24-15(19)20/h1-6H,7-8H2,(H3,19,20)(H3,21,22,23). The van der Waals surface area contributed by atoms with Crippen LogP contribution in [0.2, 0.25) is 0 Å². The average Bonchev–Trinajstić information content (AvgIpc) is 2.54. The summed E-state index contributed by atoms with van der Waals surface area (Å²) in [5.41, 5.74) is 12.2. The highest BCUT2D eigenvalue weighted by atomic mass is 32.2. The summed E-state index contributed by atoms with van der Waals surface area (Å²) in [5, 5.41) is 10.2. The topological polar surface area (TPSA) is 87.9 Å². The molecule has 0 atom stereocenters. The van der Waals surface area contributed by atoms with Crippen molar-refractivity contribution in [1.82, 2.24) is 5.32 Å². The first kappa shape index (κ1) is 19.5. The number of nitrogens with two attached hydrogens (primary N) is 2. The van der Waals surface area contributed by atoms with Crippen LogP contribution in [0.3, 0.4) is 0 Å². The van der Waals surface area contributed by atoms with E-state index in [1.807, 2.05) is 0 Å². The van der Waals surface area contributed by atoms with Crippen LogP contribution in [0.5, 0.6) is 0 Å². The molecule has 2 rings (SSSR count). The van der Waals surface area contributed by atoms with Crippen LogP contribution in [0.25, 0.3) is 0 Å². The van der Waals surface area contributed by atoms with Crippen molar-refractivity contribution >= 4 is 46.0 Å². The fourth-order valence-electron chi connectivity index (χ4n) is 2.00. The summed E-state index contributed by atoms with van der Waals surface area (Å²) in [7, 11) is 0. The lowest BCUT2D eigenvalue weighted by Crippen LogP contribution is -2.28. The van der Waals surface area contributed by atoms with Crippen molar-refractivity contribution in [2.24, 2.45) is 11.5 Å². The molecule has 0 amide bonds. The number of hydrogen-bond donors (Lipinski definition) is 4. The molecule has 0 aliphatic carbocycles. The Balaban J connectivity index is 2.29. The number of thioether (sulfide) groups is 1. The van der Waals surface area contributed by atoms with Crippen molar-refractivity contribution in [1.29, 1.82) is 5.41 Å². The van der Waals surface area contributed by atoms with Crippen molar-refractivity contribution in [2.75, 3.05) is 0 Å². The molecule has 0 aromatic heterocycles. The van der Waals surface area contributed by atoms with Crippen molar-refractivity contribution in [2.45, 2.75) is 22.1 Å². The molecule has 4 nitrogen and oxygen atoms in total. The number of benzene rings is 2. The molecular formula is C16H16F2N4S3. The zero-order chi connectivity index (χ0) is 18.4. The van der Waals surface area contributed by atoms with E-state index >= 15 is 0 Å². The normalized spacial score (nSPS) is 10.5. The van der Waals surface area contributed by atoms with Crippen molar-refractivity contribution < 1.29 is 8.78 Å². The maximum Gasteiger partial charge on any atom is 0.163 e. The minimum atomic E-state index is -0.365. The fraction of sp³-hybridized carbons (Fsp3) is 0.125. The molecule has 0 bridgehead atoms. The van der Waals surface area contributed by atoms with E-state index < -0.39 is 0 Å². The summed E-state index contributed by atoms with van der Waals surface area (Å²) in [6.45, 7) is 0.286. The van der Waals surface area contributed by atoms with Gasteiger partial charge in [-0.05, 0) is 59.7 Å². The summed E-state index contributed by atoms with van der Waals surface area (Å²) in [4.78, 5) is 1.60. The summed E-state index contributed by atoms with van der Waals surface area (Å²) < 4.78 is 27.1. The van der Waals surface area contributed by atoms with Gasteiger partial charge in [-0.1, -0.05) is 23.5 Å². The molecule has 0 spiro atoms. The number of nitrogens with one attached hydrogen (secondary N) is 2. The highest BCUT2D eigenvalue weighted by Gasteiger charge is 2.11. The molecule has 132 valence electrons. The van der Waals surface area contributed by atoms with E-state index in [2.05, 4.69) is 5.32 Å². The molecule has 0 aliphatic rings. The Morgan fingerprint density at radius 1 is 1.04 bits per heavy atom. The smallest absolute Gasteiger partial charge is 0.163 e. The lowest BCUT2D eigenvalue weighted by molar-refractivity contribution is 0.622. The van der Waals surface area contributed by atoms with Gasteiger partial charge in [-0.25, -0.2) is 8.78 Å². The second-order valence-corrected chi connectivity index (χ2v) is 7.52. The van der Waals surface area contributed by atoms with Crippen molar-refractivity contribution in [3.05, 3.63) is 59.2 Å². The van der Waals surface area contributed by atoms with E-state index in [0.717, 1.165) is 21.6 Å². The number of rotatable bonds is 6. The van der Waals surface area contributed by atoms with Crippen LogP contribution in [0.4, 0.5) is 8.78 Å². The van der Waals surface area contributed by atoms with E-state index in [4.69, 9.17) is 29.1 Å². The Morgan fingerprint density at radius 3 is 2.16 bits per heavy atom. The number of hydrogen-bond acceptors (Lipinski definition) is 4. The van der Waals surface area contributed by atoms with Gasteiger partial charge in [-0.15, -0.1) is 0 Å². The van der Waals surface area contributed by atoms with E-state index in [0.29, 0.717) is 16.9 Å². The third kappa shape index (κ3) is 6.18. The van der Waals surface area contributed by atoms with Crippen LogP contribution < -0.4 is 16.8 Å². The van der Waals surface area contributed by atoms with E-state index in [-0.39, 0.29) is 28.5 Å². The second kappa shape index (κ2) is 9.02. The van der Waals surface area contributed by atoms with Gasteiger partial charge in [-0.2, -0.15) is 0 Å². The molecule has 2 aromatic rings. The Labute approximate surface area is 158 Å². The summed E-state index contributed by atoms with van der Waals surface area (Å²) in [6.07, 6.45) is 0. The fourth-order valence-corrected chi connectivity index (χ4v) is 3.75. The van der Waals surface area contributed by atoms with E-state index in [9.17, 15) is 8.78 Å². The minimum absolute atomic E-state index is 0.0386. The molecule has 25 heavy (non-hydrogen) atoms. The Hall–Kier alpha value is -1.84. The Morgan fingerprint density at radius 2 is 1.60 bits per heavy atom. The van der Waals surface area contributed by atoms with E-state index in [1.165, 1.54) is 36.0 Å². The van der Waals surface area contributed by atoms with Gasteiger partial charge < -0.3 is 16.8 Å². The third-order valence-corrected chi connectivity index (χ3v) is 5.25. The quantitative estimate of drug-likeness (QED) is 0.338. The highest BCUT2D eigenvalue weighted by molar-refractivity contribution is 8.13. The Bertz CT molecular complexity index is 733. The van der Waals surface area contributed by atoms with Gasteiger partial charge in [0.1, 0.15) is 11.6 Å². The average molecular weight is 399 g/mol. The first-order valence-electron chi connectivity index (χ1n) is 7.10. The lowest BCUT2D eigenvalue weighted by Gasteiger charge is -2.13. The van der Waals surface area contributed by atoms with Gasteiger partial charge in [0, 0.05) is 22.1 Å². The molecule has 0 radical (unpaired) electrons. The maximum atomic E-state index is 13.6. The molecule has 9 heteroatoms. The zero-order valence-electron chi connectivity index (χ0n) is 13.0. The first-order valence-corrected chi connectivity index (χ1v) is 9.31. The molecule has 0 unspecified atom stereocenters. The molecule has 0 heterocycles. The third-order valence-electron chi connectivity index (χ3n) is 3.10. The monoisotopic (exact) mass is 398 g/mol. The van der Waals surface area contributed by atoms with Crippen molar-refractivity contribution in [3.63, 3.8) is 0 Å². The summed E-state index contributed by atoms with van der Waals surface area (Å²) in [6, 6.07) is 8.85. The molecule has 0 fully saturated rings. The van der Waals surface area contributed by atoms with E-state index in [1.54, 1.807) is 12.1 Å². The van der Waals surface area contributed by atoms with Crippen LogP contribution in [-0.4, -0.2) is 10.3 Å². The highest BCUT2D eigenvalue weighted by Crippen LogP contribution is 2.35. The number of halogens is 2. The van der Waals surface area contributed by atoms with Crippen LogP contribution >= 0.6 is 35.7 Å². The number of amidine groups is 1. The predicted octanol–water partition coefficient (Wildman–Crippen LogP) is 3.58. The van der Waals surface area contributed by atoms with Crippen LogP contribution in [0.1, 0.15) is 11.1 Å². The largest absolute Gasteiger partial charge is 0.379 e. The van der Waals surface area contributed by atoms with Crippen LogP contribution in [0, 0.1) is 17.0 Å². The second-order valence-electron chi connectivity index (χ2n) is 4.98. The molecule has 0 saturated carbocycles. The summed E-state index contributed by atoms with van der Waals surface area (Å²) in [5.74, 6) is -0.356. The molecular weight excluding hydrogens is 382 g/mol. The van der Waals surface area contributed by atoms with Gasteiger partial charge in [0.25, 0.3) is 0 Å². The Kier molecular flexibility index (Phi) is 7.03. The van der Waals surface area contributed by atoms with Crippen molar-refractivity contribution in [3.8, 4) is 0 Å². The van der Waals surface area contributed by atoms with Gasteiger partial charge in [0.05, 0.1) is 0 Å². The molecule has 0 saturated heterocycles. The molecule has 2 aromatic carbocycles. The zero-order valence-corrected chi connectivity index (χ0v) is 15.5. The van der Waals surface area contributed by atoms with Crippen LogP contribution in [-0.2, 0) is 12.3 Å².